The molecule has 0 saturated carbocycles. The molecule has 3 aromatic carbocycles. The van der Waals surface area contributed by atoms with Crippen molar-refractivity contribution in [3.8, 4) is 11.5 Å². The third kappa shape index (κ3) is 6.10. The number of hydrogen-bond donors (Lipinski definition) is 3. The van der Waals surface area contributed by atoms with Gasteiger partial charge in [-0.05, 0) is 54.4 Å². The first-order valence-electron chi connectivity index (χ1n) is 9.25. The number of para-hydroxylation sites is 1. The number of aryl methyl sites for hydroxylation is 1. The molecule has 4 N–H and O–H groups in total. The first-order chi connectivity index (χ1) is 14.0. The fourth-order valence-electron chi connectivity index (χ4n) is 2.96. The maximum absolute atomic E-state index is 12.5. The van der Waals surface area contributed by atoms with E-state index in [2.05, 4.69) is 10.6 Å². The molecule has 6 heteroatoms. The van der Waals surface area contributed by atoms with Crippen LogP contribution in [0.5, 0.6) is 11.5 Å². The molecule has 0 radical (unpaired) electrons. The number of benzene rings is 3. The lowest BCUT2D eigenvalue weighted by Crippen LogP contribution is -2.35. The Morgan fingerprint density at radius 2 is 1.66 bits per heavy atom. The number of ether oxygens (including phenoxy) is 1. The average molecular weight is 389 g/mol. The highest BCUT2D eigenvalue weighted by atomic mass is 16.5. The maximum atomic E-state index is 12.5. The van der Waals surface area contributed by atoms with Crippen molar-refractivity contribution in [3.63, 3.8) is 0 Å². The van der Waals surface area contributed by atoms with Crippen molar-refractivity contribution >= 4 is 17.6 Å². The number of carbonyl (C=O) groups is 2. The van der Waals surface area contributed by atoms with Gasteiger partial charge in [0.05, 0.1) is 12.5 Å². The molecule has 0 aliphatic heterocycles. The average Bonchev–Trinajstić information content (AvgIpc) is 2.68. The Kier molecular flexibility index (Phi) is 6.47. The minimum Gasteiger partial charge on any atom is -0.457 e. The second kappa shape index (κ2) is 9.41. The lowest BCUT2D eigenvalue weighted by atomic mass is 10.0. The first-order valence-corrected chi connectivity index (χ1v) is 9.25. The van der Waals surface area contributed by atoms with Gasteiger partial charge in [0, 0.05) is 5.69 Å². The molecule has 0 saturated heterocycles. The number of hydrogen-bond acceptors (Lipinski definition) is 3. The lowest BCUT2D eigenvalue weighted by Gasteiger charge is -2.19. The van der Waals surface area contributed by atoms with Crippen molar-refractivity contribution in [3.05, 3.63) is 90.0 Å². The molecule has 3 aromatic rings. The summed E-state index contributed by atoms with van der Waals surface area (Å²) in [5.74, 6) is 1.06. The van der Waals surface area contributed by atoms with Crippen LogP contribution in [0.15, 0.2) is 78.9 Å². The molecule has 29 heavy (non-hydrogen) atoms. The molecular weight excluding hydrogens is 366 g/mol. The predicted octanol–water partition coefficient (Wildman–Crippen LogP) is 4.53. The van der Waals surface area contributed by atoms with E-state index in [4.69, 9.17) is 10.5 Å². The molecule has 0 aliphatic carbocycles. The van der Waals surface area contributed by atoms with Crippen molar-refractivity contribution in [2.24, 2.45) is 5.73 Å². The molecule has 3 amide bonds. The third-order valence-electron chi connectivity index (χ3n) is 4.25. The molecular formula is C23H23N3O3. The summed E-state index contributed by atoms with van der Waals surface area (Å²) in [7, 11) is 0. The molecule has 0 fully saturated rings. The quantitative estimate of drug-likeness (QED) is 0.554. The van der Waals surface area contributed by atoms with Crippen LogP contribution < -0.4 is 21.1 Å². The van der Waals surface area contributed by atoms with Gasteiger partial charge < -0.3 is 21.1 Å². The zero-order chi connectivity index (χ0) is 20.6. The molecule has 0 unspecified atom stereocenters. The van der Waals surface area contributed by atoms with Gasteiger partial charge in [-0.1, -0.05) is 42.5 Å². The standard InChI is InChI=1S/C23H23N3O3/c1-16-7-5-9-18(13-16)25-22(27)15-21(26-23(24)28)17-8-6-12-20(14-17)29-19-10-3-2-4-11-19/h2-14,21H,15H2,1H3,(H,25,27)(H3,24,26,28)/t21-/m0/s1. The summed E-state index contributed by atoms with van der Waals surface area (Å²) in [5.41, 5.74) is 7.79. The molecule has 0 aliphatic rings. The normalized spacial score (nSPS) is 11.3. The van der Waals surface area contributed by atoms with Gasteiger partial charge in [0.1, 0.15) is 11.5 Å². The highest BCUT2D eigenvalue weighted by molar-refractivity contribution is 5.91. The number of carbonyl (C=O) groups excluding carboxylic acids is 2. The summed E-state index contributed by atoms with van der Waals surface area (Å²) in [4.78, 5) is 24.0. The Hall–Kier alpha value is -3.80. The van der Waals surface area contributed by atoms with Gasteiger partial charge in [-0.15, -0.1) is 0 Å². The number of amides is 3. The van der Waals surface area contributed by atoms with Crippen LogP contribution >= 0.6 is 0 Å². The van der Waals surface area contributed by atoms with Crippen molar-refractivity contribution < 1.29 is 14.3 Å². The fourth-order valence-corrected chi connectivity index (χ4v) is 2.96. The molecule has 1 atom stereocenters. The summed E-state index contributed by atoms with van der Waals surface area (Å²) in [6, 6.07) is 22.8. The van der Waals surface area contributed by atoms with Crippen molar-refractivity contribution in [2.75, 3.05) is 5.32 Å². The summed E-state index contributed by atoms with van der Waals surface area (Å²) in [5, 5.41) is 5.49. The van der Waals surface area contributed by atoms with Gasteiger partial charge in [0.15, 0.2) is 0 Å². The largest absolute Gasteiger partial charge is 0.457 e. The first kappa shape index (κ1) is 19.9. The number of nitrogens with two attached hydrogens (primary N) is 1. The zero-order valence-corrected chi connectivity index (χ0v) is 16.1. The third-order valence-corrected chi connectivity index (χ3v) is 4.25. The second-order valence-electron chi connectivity index (χ2n) is 6.67. The highest BCUT2D eigenvalue weighted by Gasteiger charge is 2.18. The molecule has 0 heterocycles. The van der Waals surface area contributed by atoms with Gasteiger partial charge in [-0.2, -0.15) is 0 Å². The van der Waals surface area contributed by atoms with E-state index in [1.165, 1.54) is 0 Å². The molecule has 0 spiro atoms. The van der Waals surface area contributed by atoms with E-state index in [0.29, 0.717) is 17.2 Å². The summed E-state index contributed by atoms with van der Waals surface area (Å²) in [6.45, 7) is 1.95. The Labute approximate surface area is 169 Å². The van der Waals surface area contributed by atoms with Crippen LogP contribution in [-0.2, 0) is 4.79 Å². The van der Waals surface area contributed by atoms with E-state index in [0.717, 1.165) is 11.1 Å². The smallest absolute Gasteiger partial charge is 0.312 e. The van der Waals surface area contributed by atoms with E-state index in [9.17, 15) is 9.59 Å². The van der Waals surface area contributed by atoms with Crippen molar-refractivity contribution in [1.29, 1.82) is 0 Å². The van der Waals surface area contributed by atoms with Gasteiger partial charge in [0.2, 0.25) is 5.91 Å². The van der Waals surface area contributed by atoms with E-state index in [1.807, 2.05) is 79.7 Å². The van der Waals surface area contributed by atoms with Gasteiger partial charge in [0.25, 0.3) is 0 Å². The Balaban J connectivity index is 1.75. The SMILES string of the molecule is Cc1cccc(NC(=O)C[C@H](NC(N)=O)c2cccc(Oc3ccccc3)c2)c1. The number of urea groups is 1. The van der Waals surface area contributed by atoms with Crippen LogP contribution in [0.25, 0.3) is 0 Å². The summed E-state index contributed by atoms with van der Waals surface area (Å²) >= 11 is 0. The summed E-state index contributed by atoms with van der Waals surface area (Å²) < 4.78 is 5.84. The number of anilines is 1. The highest BCUT2D eigenvalue weighted by Crippen LogP contribution is 2.26. The van der Waals surface area contributed by atoms with Crippen molar-refractivity contribution in [1.82, 2.24) is 5.32 Å². The fraction of sp³-hybridized carbons (Fsp3) is 0.130. The van der Waals surface area contributed by atoms with Crippen LogP contribution in [-0.4, -0.2) is 11.9 Å². The molecule has 148 valence electrons. The molecule has 0 aromatic heterocycles. The number of primary amides is 1. The van der Waals surface area contributed by atoms with Crippen LogP contribution in [0.2, 0.25) is 0 Å². The van der Waals surface area contributed by atoms with Gasteiger partial charge in [-0.3, -0.25) is 4.79 Å². The molecule has 0 bridgehead atoms. The summed E-state index contributed by atoms with van der Waals surface area (Å²) in [6.07, 6.45) is 0.0334. The minimum absolute atomic E-state index is 0.0334. The topological polar surface area (TPSA) is 93.5 Å². The zero-order valence-electron chi connectivity index (χ0n) is 16.1. The van der Waals surface area contributed by atoms with Gasteiger partial charge >= 0.3 is 6.03 Å². The monoisotopic (exact) mass is 389 g/mol. The second-order valence-corrected chi connectivity index (χ2v) is 6.67. The Morgan fingerprint density at radius 1 is 0.931 bits per heavy atom. The van der Waals surface area contributed by atoms with Crippen molar-refractivity contribution in [2.45, 2.75) is 19.4 Å². The Morgan fingerprint density at radius 3 is 2.38 bits per heavy atom. The van der Waals surface area contributed by atoms with E-state index >= 15 is 0 Å². The van der Waals surface area contributed by atoms with Crippen LogP contribution in [0.4, 0.5) is 10.5 Å². The van der Waals surface area contributed by atoms with Gasteiger partial charge in [-0.25, -0.2) is 4.79 Å². The Bertz CT molecular complexity index is 989. The molecule has 6 nitrogen and oxygen atoms in total. The van der Waals surface area contributed by atoms with E-state index < -0.39 is 12.1 Å². The maximum Gasteiger partial charge on any atom is 0.312 e. The van der Waals surface area contributed by atoms with Crippen LogP contribution in [0, 0.1) is 6.92 Å². The van der Waals surface area contributed by atoms with E-state index in [1.54, 1.807) is 6.07 Å². The molecule has 3 rings (SSSR count). The minimum atomic E-state index is -0.701. The number of rotatable bonds is 7. The lowest BCUT2D eigenvalue weighted by molar-refractivity contribution is -0.116. The van der Waals surface area contributed by atoms with Crippen LogP contribution in [0.1, 0.15) is 23.6 Å². The van der Waals surface area contributed by atoms with Crippen LogP contribution in [0.3, 0.4) is 0 Å². The predicted molar refractivity (Wildman–Crippen MR) is 113 cm³/mol. The van der Waals surface area contributed by atoms with E-state index in [-0.39, 0.29) is 12.3 Å². The number of nitrogens with one attached hydrogen (secondary N) is 2.